The lowest BCUT2D eigenvalue weighted by Crippen LogP contribution is -2.07. The van der Waals surface area contributed by atoms with Crippen LogP contribution in [0, 0.1) is 12.7 Å². The Morgan fingerprint density at radius 3 is 2.61 bits per heavy atom. The van der Waals surface area contributed by atoms with Crippen LogP contribution in [0.3, 0.4) is 0 Å². The number of hydrogen-bond donors (Lipinski definition) is 0. The van der Waals surface area contributed by atoms with Crippen molar-refractivity contribution in [2.45, 2.75) is 6.92 Å². The minimum absolute atomic E-state index is 0.301. The molecule has 0 fully saturated rings. The van der Waals surface area contributed by atoms with Gasteiger partial charge in [0.25, 0.3) is 0 Å². The van der Waals surface area contributed by atoms with E-state index in [-0.39, 0.29) is 5.82 Å². The Balaban J connectivity index is 2.12. The summed E-state index contributed by atoms with van der Waals surface area (Å²) in [6.07, 6.45) is 1.99. The van der Waals surface area contributed by atoms with Gasteiger partial charge in [-0.3, -0.25) is 0 Å². The van der Waals surface area contributed by atoms with Gasteiger partial charge in [-0.1, -0.05) is 42.0 Å². The van der Waals surface area contributed by atoms with Crippen molar-refractivity contribution >= 4 is 5.57 Å². The second-order valence-electron chi connectivity index (χ2n) is 4.41. The largest absolute Gasteiger partial charge is 0.486 e. The first-order valence-corrected chi connectivity index (χ1v) is 5.94. The highest BCUT2D eigenvalue weighted by atomic mass is 19.1. The monoisotopic (exact) mass is 240 g/mol. The van der Waals surface area contributed by atoms with Crippen LogP contribution in [0.4, 0.5) is 4.39 Å². The summed E-state index contributed by atoms with van der Waals surface area (Å²) in [5, 5.41) is 0. The molecule has 0 saturated heterocycles. The molecule has 1 aliphatic heterocycles. The van der Waals surface area contributed by atoms with Crippen LogP contribution >= 0.6 is 0 Å². The molecule has 90 valence electrons. The van der Waals surface area contributed by atoms with Crippen molar-refractivity contribution in [1.29, 1.82) is 0 Å². The fraction of sp³-hybridized carbons (Fsp3) is 0.125. The van der Waals surface area contributed by atoms with E-state index in [1.54, 1.807) is 6.07 Å². The highest BCUT2D eigenvalue weighted by Crippen LogP contribution is 2.35. The number of hydrogen-bond acceptors (Lipinski definition) is 1. The number of benzene rings is 2. The molecule has 0 amide bonds. The van der Waals surface area contributed by atoms with Gasteiger partial charge in [-0.2, -0.15) is 0 Å². The Morgan fingerprint density at radius 2 is 1.83 bits per heavy atom. The van der Waals surface area contributed by atoms with Crippen LogP contribution in [-0.2, 0) is 0 Å². The Hall–Kier alpha value is -2.09. The lowest BCUT2D eigenvalue weighted by atomic mass is 9.95. The minimum Gasteiger partial charge on any atom is -0.486 e. The maximum atomic E-state index is 13.7. The molecule has 0 spiro atoms. The molecule has 0 N–H and O–H groups in total. The van der Waals surface area contributed by atoms with Crippen molar-refractivity contribution in [3.05, 3.63) is 71.0 Å². The smallest absolute Gasteiger partial charge is 0.165 e. The molecule has 0 bridgehead atoms. The molecule has 3 rings (SSSR count). The molecule has 0 aliphatic carbocycles. The van der Waals surface area contributed by atoms with Crippen LogP contribution in [0.1, 0.15) is 16.7 Å². The summed E-state index contributed by atoms with van der Waals surface area (Å²) in [4.78, 5) is 0. The third kappa shape index (κ3) is 1.80. The van der Waals surface area contributed by atoms with E-state index in [0.29, 0.717) is 12.4 Å². The number of ether oxygens (including phenoxy) is 1. The van der Waals surface area contributed by atoms with Crippen molar-refractivity contribution in [2.75, 3.05) is 6.61 Å². The van der Waals surface area contributed by atoms with E-state index >= 15 is 0 Å². The van der Waals surface area contributed by atoms with Crippen LogP contribution < -0.4 is 4.74 Å². The van der Waals surface area contributed by atoms with Crippen LogP contribution in [-0.4, -0.2) is 6.61 Å². The first-order chi connectivity index (χ1) is 8.75. The van der Waals surface area contributed by atoms with Crippen LogP contribution in [0.25, 0.3) is 5.57 Å². The summed E-state index contributed by atoms with van der Waals surface area (Å²) in [5.41, 5.74) is 4.17. The second kappa shape index (κ2) is 4.30. The highest BCUT2D eigenvalue weighted by Gasteiger charge is 2.18. The Labute approximate surface area is 106 Å². The SMILES string of the molecule is Cc1ccc(C2=CCOc3c(F)cccc32)cc1. The fourth-order valence-electron chi connectivity index (χ4n) is 2.19. The Kier molecular flexibility index (Phi) is 2.63. The van der Waals surface area contributed by atoms with E-state index in [0.717, 1.165) is 16.7 Å². The van der Waals surface area contributed by atoms with Gasteiger partial charge in [0.1, 0.15) is 6.61 Å². The first-order valence-electron chi connectivity index (χ1n) is 5.94. The summed E-state index contributed by atoms with van der Waals surface area (Å²) in [6, 6.07) is 13.3. The van der Waals surface area contributed by atoms with Gasteiger partial charge in [-0.25, -0.2) is 4.39 Å². The molecular formula is C16H13FO. The number of aryl methyl sites for hydroxylation is 1. The van der Waals surface area contributed by atoms with Crippen molar-refractivity contribution in [3.63, 3.8) is 0 Å². The van der Waals surface area contributed by atoms with Crippen molar-refractivity contribution in [3.8, 4) is 5.75 Å². The van der Waals surface area contributed by atoms with Gasteiger partial charge >= 0.3 is 0 Å². The van der Waals surface area contributed by atoms with Gasteiger partial charge < -0.3 is 4.74 Å². The zero-order chi connectivity index (χ0) is 12.5. The maximum absolute atomic E-state index is 13.7. The number of para-hydroxylation sites is 1. The molecule has 1 aliphatic rings. The predicted octanol–water partition coefficient (Wildman–Crippen LogP) is 3.96. The number of halogens is 1. The molecule has 2 aromatic carbocycles. The van der Waals surface area contributed by atoms with E-state index in [9.17, 15) is 4.39 Å². The molecule has 0 aromatic heterocycles. The van der Waals surface area contributed by atoms with Gasteiger partial charge in [-0.15, -0.1) is 0 Å². The van der Waals surface area contributed by atoms with Crippen LogP contribution in [0.15, 0.2) is 48.5 Å². The molecule has 0 radical (unpaired) electrons. The molecular weight excluding hydrogens is 227 g/mol. The standard InChI is InChI=1S/C16H13FO/c1-11-5-7-12(8-6-11)13-9-10-18-16-14(13)3-2-4-15(16)17/h2-9H,10H2,1H3. The zero-order valence-corrected chi connectivity index (χ0v) is 10.1. The molecule has 0 unspecified atom stereocenters. The van der Waals surface area contributed by atoms with Crippen molar-refractivity contribution in [2.24, 2.45) is 0 Å². The number of rotatable bonds is 1. The van der Waals surface area contributed by atoms with Gasteiger partial charge in [-0.05, 0) is 30.2 Å². The lowest BCUT2D eigenvalue weighted by Gasteiger charge is -2.19. The molecule has 0 saturated carbocycles. The summed E-state index contributed by atoms with van der Waals surface area (Å²) in [6.45, 7) is 2.47. The topological polar surface area (TPSA) is 9.23 Å². The number of fused-ring (bicyclic) bond motifs is 1. The minimum atomic E-state index is -0.301. The second-order valence-corrected chi connectivity index (χ2v) is 4.41. The van der Waals surface area contributed by atoms with E-state index in [1.165, 1.54) is 11.6 Å². The van der Waals surface area contributed by atoms with Crippen molar-refractivity contribution in [1.82, 2.24) is 0 Å². The summed E-state index contributed by atoms with van der Waals surface area (Å²) in [7, 11) is 0. The van der Waals surface area contributed by atoms with E-state index in [1.807, 2.05) is 12.1 Å². The molecule has 1 nitrogen and oxygen atoms in total. The molecule has 1 heterocycles. The van der Waals surface area contributed by atoms with E-state index in [2.05, 4.69) is 31.2 Å². The third-order valence-electron chi connectivity index (χ3n) is 3.13. The molecule has 0 atom stereocenters. The Morgan fingerprint density at radius 1 is 1.06 bits per heavy atom. The summed E-state index contributed by atoms with van der Waals surface area (Å²) >= 11 is 0. The Bertz CT molecular complexity index is 611. The van der Waals surface area contributed by atoms with Gasteiger partial charge in [0.05, 0.1) is 0 Å². The highest BCUT2D eigenvalue weighted by molar-refractivity contribution is 5.84. The third-order valence-corrected chi connectivity index (χ3v) is 3.13. The fourth-order valence-corrected chi connectivity index (χ4v) is 2.19. The summed E-state index contributed by atoms with van der Waals surface area (Å²) in [5.74, 6) is 0.0563. The quantitative estimate of drug-likeness (QED) is 0.733. The van der Waals surface area contributed by atoms with Crippen LogP contribution in [0.2, 0.25) is 0 Å². The van der Waals surface area contributed by atoms with Crippen molar-refractivity contribution < 1.29 is 9.13 Å². The summed E-state index contributed by atoms with van der Waals surface area (Å²) < 4.78 is 19.1. The van der Waals surface area contributed by atoms with Crippen LogP contribution in [0.5, 0.6) is 5.75 Å². The molecule has 2 aromatic rings. The lowest BCUT2D eigenvalue weighted by molar-refractivity contribution is 0.336. The molecule has 2 heteroatoms. The average Bonchev–Trinajstić information content (AvgIpc) is 2.40. The van der Waals surface area contributed by atoms with E-state index in [4.69, 9.17) is 4.74 Å². The first kappa shape index (κ1) is 11.0. The maximum Gasteiger partial charge on any atom is 0.165 e. The van der Waals surface area contributed by atoms with Gasteiger partial charge in [0.15, 0.2) is 11.6 Å². The average molecular weight is 240 g/mol. The molecule has 18 heavy (non-hydrogen) atoms. The van der Waals surface area contributed by atoms with E-state index < -0.39 is 0 Å². The predicted molar refractivity (Wildman–Crippen MR) is 70.2 cm³/mol. The van der Waals surface area contributed by atoms with Gasteiger partial charge in [0.2, 0.25) is 0 Å². The zero-order valence-electron chi connectivity index (χ0n) is 10.1. The van der Waals surface area contributed by atoms with Gasteiger partial charge in [0, 0.05) is 5.56 Å². The normalized spacial score (nSPS) is 13.6.